The molecule has 0 saturated carbocycles. The third-order valence-corrected chi connectivity index (χ3v) is 8.41. The zero-order valence-corrected chi connectivity index (χ0v) is 20.8. The molecule has 0 atom stereocenters. The molecule has 0 N–H and O–H groups in total. The van der Waals surface area contributed by atoms with E-state index >= 15 is 0 Å². The van der Waals surface area contributed by atoms with Crippen molar-refractivity contribution < 1.29 is 26.7 Å². The number of hydrogen-bond donors (Lipinski definition) is 0. The van der Waals surface area contributed by atoms with Gasteiger partial charge in [-0.25, -0.2) is 13.1 Å². The number of nitrogens with zero attached hydrogens (tertiary/aromatic N) is 5. The minimum absolute atomic E-state index is 0.00411. The van der Waals surface area contributed by atoms with Crippen molar-refractivity contribution in [1.29, 1.82) is 0 Å². The van der Waals surface area contributed by atoms with Crippen LogP contribution in [0.2, 0.25) is 0 Å². The van der Waals surface area contributed by atoms with Gasteiger partial charge in [0, 0.05) is 58.4 Å². The fourth-order valence-corrected chi connectivity index (χ4v) is 5.99. The van der Waals surface area contributed by atoms with Gasteiger partial charge in [0.2, 0.25) is 0 Å². The van der Waals surface area contributed by atoms with Crippen molar-refractivity contribution in [2.24, 2.45) is 0 Å². The summed E-state index contributed by atoms with van der Waals surface area (Å²) in [5.74, 6) is 0.717. The summed E-state index contributed by atoms with van der Waals surface area (Å²) in [6.45, 7) is 10.8. The van der Waals surface area contributed by atoms with E-state index in [1.54, 1.807) is 10.7 Å². The Kier molecular flexibility index (Phi) is 6.39. The Labute approximate surface area is 204 Å². The zero-order chi connectivity index (χ0) is 24.8. The number of anilines is 1. The van der Waals surface area contributed by atoms with Crippen molar-refractivity contribution in [1.82, 2.24) is 19.6 Å². The predicted molar refractivity (Wildman–Crippen MR) is 128 cm³/mol. The number of rotatable bonds is 6. The first-order valence-electron chi connectivity index (χ1n) is 12.0. The average Bonchev–Trinajstić information content (AvgIpc) is 3.38. The lowest BCUT2D eigenvalue weighted by atomic mass is 10.1. The highest BCUT2D eigenvalue weighted by atomic mass is 32.2. The molecule has 4 heterocycles. The summed E-state index contributed by atoms with van der Waals surface area (Å²) in [6, 6.07) is 4.67. The van der Waals surface area contributed by atoms with E-state index in [1.165, 1.54) is 12.1 Å². The minimum Gasteiger partial charge on any atom is -0.395 e. The van der Waals surface area contributed by atoms with Gasteiger partial charge in [-0.2, -0.15) is 5.10 Å². The lowest BCUT2D eigenvalue weighted by Gasteiger charge is -2.37. The number of hydrogen-bond acceptors (Lipinski definition) is 8. The largest absolute Gasteiger partial charge is 0.586 e. The Morgan fingerprint density at radius 1 is 0.971 bits per heavy atom. The fraction of sp³-hybridized carbons (Fsp3) is 0.609. The first-order valence-corrected chi connectivity index (χ1v) is 13.8. The molecule has 3 aliphatic heterocycles. The molecule has 12 heteroatoms. The van der Waals surface area contributed by atoms with Crippen molar-refractivity contribution in [2.75, 3.05) is 68.8 Å². The van der Waals surface area contributed by atoms with Crippen LogP contribution in [0.1, 0.15) is 25.5 Å². The number of alkyl halides is 2. The Balaban J connectivity index is 1.22. The smallest absolute Gasteiger partial charge is 0.395 e. The molecule has 0 aliphatic carbocycles. The van der Waals surface area contributed by atoms with E-state index < -0.39 is 16.1 Å². The first-order chi connectivity index (χ1) is 16.6. The quantitative estimate of drug-likeness (QED) is 0.584. The number of sulfone groups is 1. The van der Waals surface area contributed by atoms with Crippen LogP contribution in [0.25, 0.3) is 5.69 Å². The summed E-state index contributed by atoms with van der Waals surface area (Å²) in [5, 5.41) is 4.77. The SMILES string of the molecule is CC(C)c1nn(-c2ccc3c(c2)OC(F)(F)O3)cc1N1CCN(CCN2CCS(=O)(=O)CC2)CC1. The number of ether oxygens (including phenoxy) is 2. The number of aromatic nitrogens is 2. The van der Waals surface area contributed by atoms with Gasteiger partial charge in [0.25, 0.3) is 0 Å². The summed E-state index contributed by atoms with van der Waals surface area (Å²) in [4.78, 5) is 6.97. The topological polar surface area (TPSA) is 80.1 Å². The maximum absolute atomic E-state index is 13.4. The molecule has 3 aliphatic rings. The molecular weight excluding hydrogens is 480 g/mol. The van der Waals surface area contributed by atoms with Crippen molar-refractivity contribution in [2.45, 2.75) is 26.1 Å². The summed E-state index contributed by atoms with van der Waals surface area (Å²) in [5.41, 5.74) is 2.63. The van der Waals surface area contributed by atoms with Crippen LogP contribution in [-0.2, 0) is 9.84 Å². The lowest BCUT2D eigenvalue weighted by molar-refractivity contribution is -0.286. The number of piperazine rings is 1. The number of benzene rings is 1. The standard InChI is InChI=1S/C23H31F2N5O4S/c1-17(2)22-19(16-30(26-22)18-3-4-20-21(15-18)34-23(24,25)33-20)29-9-7-27(8-10-29)5-6-28-11-13-35(31,32)14-12-28/h3-4,15-17H,5-14H2,1-2H3. The molecule has 2 saturated heterocycles. The zero-order valence-electron chi connectivity index (χ0n) is 20.0. The third kappa shape index (κ3) is 5.39. The van der Waals surface area contributed by atoms with Gasteiger partial charge in [-0.3, -0.25) is 4.90 Å². The second-order valence-electron chi connectivity index (χ2n) is 9.62. The molecule has 192 valence electrons. The van der Waals surface area contributed by atoms with Crippen LogP contribution in [0.15, 0.2) is 24.4 Å². The fourth-order valence-electron chi connectivity index (χ4n) is 4.71. The van der Waals surface area contributed by atoms with Gasteiger partial charge in [-0.1, -0.05) is 13.8 Å². The number of fused-ring (bicyclic) bond motifs is 1. The van der Waals surface area contributed by atoms with E-state index in [0.717, 1.165) is 50.6 Å². The first kappa shape index (κ1) is 24.3. The molecule has 35 heavy (non-hydrogen) atoms. The molecule has 9 nitrogen and oxygen atoms in total. The van der Waals surface area contributed by atoms with Gasteiger partial charge in [0.15, 0.2) is 21.3 Å². The van der Waals surface area contributed by atoms with Gasteiger partial charge >= 0.3 is 6.29 Å². The van der Waals surface area contributed by atoms with E-state index in [1.807, 2.05) is 6.20 Å². The Hall–Kier alpha value is -2.44. The highest BCUT2D eigenvalue weighted by Crippen LogP contribution is 2.42. The van der Waals surface area contributed by atoms with E-state index in [4.69, 9.17) is 5.10 Å². The third-order valence-electron chi connectivity index (χ3n) is 6.80. The summed E-state index contributed by atoms with van der Waals surface area (Å²) < 4.78 is 60.9. The van der Waals surface area contributed by atoms with Crippen LogP contribution in [0.4, 0.5) is 14.5 Å². The maximum atomic E-state index is 13.4. The maximum Gasteiger partial charge on any atom is 0.586 e. The minimum atomic E-state index is -3.65. The van der Waals surface area contributed by atoms with Crippen LogP contribution in [-0.4, -0.2) is 98.2 Å². The van der Waals surface area contributed by atoms with Crippen LogP contribution in [0.5, 0.6) is 11.5 Å². The lowest BCUT2D eigenvalue weighted by Crippen LogP contribution is -2.50. The molecule has 0 amide bonds. The summed E-state index contributed by atoms with van der Waals surface area (Å²) in [7, 11) is -2.85. The van der Waals surface area contributed by atoms with Gasteiger partial charge < -0.3 is 19.3 Å². The predicted octanol–water partition coefficient (Wildman–Crippen LogP) is 2.17. The Bertz CT molecular complexity index is 1160. The van der Waals surface area contributed by atoms with Gasteiger partial charge in [-0.15, -0.1) is 8.78 Å². The highest BCUT2D eigenvalue weighted by molar-refractivity contribution is 7.91. The molecule has 0 unspecified atom stereocenters. The Morgan fingerprint density at radius 3 is 2.26 bits per heavy atom. The normalized spacial score (nSPS) is 22.1. The van der Waals surface area contributed by atoms with E-state index in [-0.39, 0.29) is 28.9 Å². The van der Waals surface area contributed by atoms with Crippen molar-refractivity contribution in [3.63, 3.8) is 0 Å². The molecule has 2 aromatic rings. The van der Waals surface area contributed by atoms with E-state index in [0.29, 0.717) is 18.8 Å². The molecule has 5 rings (SSSR count). The van der Waals surface area contributed by atoms with Gasteiger partial charge in [0.1, 0.15) is 0 Å². The molecule has 0 spiro atoms. The molecule has 1 aromatic carbocycles. The van der Waals surface area contributed by atoms with Crippen molar-refractivity contribution in [3.8, 4) is 17.2 Å². The van der Waals surface area contributed by atoms with Crippen molar-refractivity contribution >= 4 is 15.5 Å². The highest BCUT2D eigenvalue weighted by Gasteiger charge is 2.43. The van der Waals surface area contributed by atoms with Crippen molar-refractivity contribution in [3.05, 3.63) is 30.1 Å². The van der Waals surface area contributed by atoms with Crippen LogP contribution >= 0.6 is 0 Å². The second-order valence-corrected chi connectivity index (χ2v) is 11.9. The van der Waals surface area contributed by atoms with Crippen LogP contribution in [0.3, 0.4) is 0 Å². The van der Waals surface area contributed by atoms with E-state index in [2.05, 4.69) is 38.0 Å². The second kappa shape index (κ2) is 9.21. The van der Waals surface area contributed by atoms with Gasteiger partial charge in [0.05, 0.1) is 34.8 Å². The number of halogens is 2. The molecular formula is C23H31F2N5O4S. The van der Waals surface area contributed by atoms with E-state index in [9.17, 15) is 17.2 Å². The molecule has 2 fully saturated rings. The molecule has 0 bridgehead atoms. The molecule has 0 radical (unpaired) electrons. The summed E-state index contributed by atoms with van der Waals surface area (Å²) in [6.07, 6.45) is -1.69. The van der Waals surface area contributed by atoms with Gasteiger partial charge in [-0.05, 0) is 18.1 Å². The monoisotopic (exact) mass is 511 g/mol. The summed E-state index contributed by atoms with van der Waals surface area (Å²) >= 11 is 0. The van der Waals surface area contributed by atoms with Crippen LogP contribution < -0.4 is 14.4 Å². The average molecular weight is 512 g/mol. The van der Waals surface area contributed by atoms with Crippen LogP contribution in [0, 0.1) is 0 Å². The molecule has 1 aromatic heterocycles. The Morgan fingerprint density at radius 2 is 1.60 bits per heavy atom.